The molecule has 5 heteroatoms. The zero-order chi connectivity index (χ0) is 10.0. The van der Waals surface area contributed by atoms with Gasteiger partial charge in [0, 0.05) is 11.6 Å². The van der Waals surface area contributed by atoms with E-state index >= 15 is 0 Å². The molecule has 0 aliphatic carbocycles. The van der Waals surface area contributed by atoms with Gasteiger partial charge in [0.1, 0.15) is 5.82 Å². The quantitative estimate of drug-likeness (QED) is 0.735. The van der Waals surface area contributed by atoms with E-state index in [2.05, 4.69) is 0 Å². The fourth-order valence-corrected chi connectivity index (χ4v) is 0.876. The Hall–Kier alpha value is -1.65. The molecule has 1 aromatic rings. The van der Waals surface area contributed by atoms with Crippen molar-refractivity contribution in [2.24, 2.45) is 0 Å². The van der Waals surface area contributed by atoms with Crippen molar-refractivity contribution < 1.29 is 23.8 Å². The van der Waals surface area contributed by atoms with Crippen LogP contribution in [0.15, 0.2) is 12.1 Å². The summed E-state index contributed by atoms with van der Waals surface area (Å²) in [6.07, 6.45) is -0.608. The van der Waals surface area contributed by atoms with Crippen LogP contribution < -0.4 is 0 Å². The van der Waals surface area contributed by atoms with Gasteiger partial charge in [-0.05, 0) is 6.07 Å². The fraction of sp³-hybridized carbons (Fsp3) is 0.125. The van der Waals surface area contributed by atoms with Crippen LogP contribution in [0.25, 0.3) is 0 Å². The molecule has 0 aliphatic heterocycles. The zero-order valence-corrected chi connectivity index (χ0v) is 6.42. The Bertz CT molecular complexity index is 349. The molecular formula is C8H6F2O3. The van der Waals surface area contributed by atoms with Crippen molar-refractivity contribution in [3.63, 3.8) is 0 Å². The van der Waals surface area contributed by atoms with Gasteiger partial charge in [-0.15, -0.1) is 0 Å². The van der Waals surface area contributed by atoms with Gasteiger partial charge in [-0.2, -0.15) is 0 Å². The number of hydrogen-bond donors (Lipinski definition) is 2. The molecule has 1 aromatic carbocycles. The second-order valence-electron chi connectivity index (χ2n) is 2.47. The van der Waals surface area contributed by atoms with E-state index in [9.17, 15) is 13.6 Å². The molecule has 0 unspecified atom stereocenters. The maximum absolute atomic E-state index is 12.8. The van der Waals surface area contributed by atoms with Crippen LogP contribution >= 0.6 is 0 Å². The van der Waals surface area contributed by atoms with Crippen molar-refractivity contribution in [3.05, 3.63) is 29.3 Å². The SMILES string of the molecule is O=C(O)Cc1cc(F)c(O)cc1F. The molecular weight excluding hydrogens is 182 g/mol. The van der Waals surface area contributed by atoms with E-state index in [1.165, 1.54) is 0 Å². The Kier molecular flexibility index (Phi) is 2.46. The van der Waals surface area contributed by atoms with Gasteiger partial charge in [-0.25, -0.2) is 8.78 Å². The number of aromatic hydroxyl groups is 1. The molecule has 0 aliphatic rings. The molecule has 0 bridgehead atoms. The minimum atomic E-state index is -1.26. The van der Waals surface area contributed by atoms with Gasteiger partial charge in [-0.3, -0.25) is 4.79 Å². The number of benzene rings is 1. The number of carboxylic acid groups (broad SMARTS) is 1. The summed E-state index contributed by atoms with van der Waals surface area (Å²) in [5.74, 6) is -4.05. The van der Waals surface area contributed by atoms with Crippen LogP contribution in [-0.2, 0) is 11.2 Å². The maximum Gasteiger partial charge on any atom is 0.307 e. The second-order valence-corrected chi connectivity index (χ2v) is 2.47. The standard InChI is InChI=1S/C8H6F2O3/c9-5-3-7(11)6(10)1-4(5)2-8(12)13/h1,3,11H,2H2,(H,12,13). The lowest BCUT2D eigenvalue weighted by Crippen LogP contribution is -2.03. The third kappa shape index (κ3) is 2.14. The van der Waals surface area contributed by atoms with E-state index in [4.69, 9.17) is 10.2 Å². The van der Waals surface area contributed by atoms with Gasteiger partial charge < -0.3 is 10.2 Å². The highest BCUT2D eigenvalue weighted by Crippen LogP contribution is 2.20. The molecule has 70 valence electrons. The number of carbonyl (C=O) groups is 1. The number of hydrogen-bond acceptors (Lipinski definition) is 2. The predicted molar refractivity (Wildman–Crippen MR) is 39.4 cm³/mol. The Morgan fingerprint density at radius 2 is 1.92 bits per heavy atom. The summed E-state index contributed by atoms with van der Waals surface area (Å²) in [5, 5.41) is 17.0. The molecule has 13 heavy (non-hydrogen) atoms. The van der Waals surface area contributed by atoms with Crippen molar-refractivity contribution in [1.29, 1.82) is 0 Å². The minimum Gasteiger partial charge on any atom is -0.505 e. The molecule has 0 saturated heterocycles. The van der Waals surface area contributed by atoms with Gasteiger partial charge in [0.05, 0.1) is 6.42 Å². The lowest BCUT2D eigenvalue weighted by atomic mass is 10.1. The molecule has 0 atom stereocenters. The number of carboxylic acids is 1. The summed E-state index contributed by atoms with van der Waals surface area (Å²) in [7, 11) is 0. The first kappa shape index (κ1) is 9.44. The molecule has 0 aromatic heterocycles. The molecule has 0 radical (unpaired) electrons. The molecule has 0 fully saturated rings. The van der Waals surface area contributed by atoms with Crippen LogP contribution in [0.2, 0.25) is 0 Å². The lowest BCUT2D eigenvalue weighted by Gasteiger charge is -2.01. The lowest BCUT2D eigenvalue weighted by molar-refractivity contribution is -0.136. The minimum absolute atomic E-state index is 0.289. The molecule has 1 rings (SSSR count). The molecule has 0 spiro atoms. The first-order valence-electron chi connectivity index (χ1n) is 3.39. The Balaban J connectivity index is 3.08. The summed E-state index contributed by atoms with van der Waals surface area (Å²) in [6, 6.07) is 1.21. The molecule has 2 N–H and O–H groups in total. The van der Waals surface area contributed by atoms with Crippen molar-refractivity contribution in [2.45, 2.75) is 6.42 Å². The largest absolute Gasteiger partial charge is 0.505 e. The summed E-state index contributed by atoms with van der Waals surface area (Å²) in [4.78, 5) is 10.2. The number of phenols is 1. The number of rotatable bonds is 2. The van der Waals surface area contributed by atoms with Crippen molar-refractivity contribution in [2.75, 3.05) is 0 Å². The monoisotopic (exact) mass is 188 g/mol. The van der Waals surface area contributed by atoms with E-state index in [1.54, 1.807) is 0 Å². The van der Waals surface area contributed by atoms with Crippen LogP contribution in [0.3, 0.4) is 0 Å². The Labute approximate surface area is 72.2 Å². The van der Waals surface area contributed by atoms with Gasteiger partial charge >= 0.3 is 5.97 Å². The van der Waals surface area contributed by atoms with Gasteiger partial charge in [-0.1, -0.05) is 0 Å². The molecule has 0 saturated carbocycles. The number of aliphatic carboxylic acids is 1. The average Bonchev–Trinajstić information content (AvgIpc) is 1.99. The number of phenolic OH excluding ortho intramolecular Hbond substituents is 1. The third-order valence-corrected chi connectivity index (χ3v) is 1.46. The van der Waals surface area contributed by atoms with Gasteiger partial charge in [0.25, 0.3) is 0 Å². The summed E-state index contributed by atoms with van der Waals surface area (Å²) in [6.45, 7) is 0. The molecule has 0 heterocycles. The van der Waals surface area contributed by atoms with E-state index < -0.39 is 29.8 Å². The van der Waals surface area contributed by atoms with Crippen LogP contribution in [-0.4, -0.2) is 16.2 Å². The van der Waals surface area contributed by atoms with Gasteiger partial charge in [0.15, 0.2) is 11.6 Å². The van der Waals surface area contributed by atoms with Crippen LogP contribution in [0.1, 0.15) is 5.56 Å². The van der Waals surface area contributed by atoms with Crippen LogP contribution in [0.5, 0.6) is 5.75 Å². The summed E-state index contributed by atoms with van der Waals surface area (Å²) in [5.41, 5.74) is -0.289. The van der Waals surface area contributed by atoms with Crippen molar-refractivity contribution >= 4 is 5.97 Å². The third-order valence-electron chi connectivity index (χ3n) is 1.46. The molecule has 3 nitrogen and oxygen atoms in total. The Morgan fingerprint density at radius 3 is 2.46 bits per heavy atom. The van der Waals surface area contributed by atoms with Crippen molar-refractivity contribution in [3.8, 4) is 5.75 Å². The van der Waals surface area contributed by atoms with E-state index in [0.29, 0.717) is 12.1 Å². The van der Waals surface area contributed by atoms with Gasteiger partial charge in [0.2, 0.25) is 0 Å². The average molecular weight is 188 g/mol. The highest BCUT2D eigenvalue weighted by molar-refractivity contribution is 5.70. The highest BCUT2D eigenvalue weighted by atomic mass is 19.1. The molecule has 0 amide bonds. The Morgan fingerprint density at radius 1 is 1.31 bits per heavy atom. The van der Waals surface area contributed by atoms with E-state index in [0.717, 1.165) is 0 Å². The van der Waals surface area contributed by atoms with Crippen molar-refractivity contribution in [1.82, 2.24) is 0 Å². The summed E-state index contributed by atoms with van der Waals surface area (Å²) >= 11 is 0. The van der Waals surface area contributed by atoms with E-state index in [-0.39, 0.29) is 5.56 Å². The van der Waals surface area contributed by atoms with Crippen LogP contribution in [0, 0.1) is 11.6 Å². The topological polar surface area (TPSA) is 57.5 Å². The second kappa shape index (κ2) is 3.38. The first-order chi connectivity index (χ1) is 6.00. The number of halogens is 2. The summed E-state index contributed by atoms with van der Waals surface area (Å²) < 4.78 is 25.4. The first-order valence-corrected chi connectivity index (χ1v) is 3.39. The zero-order valence-electron chi connectivity index (χ0n) is 6.42. The van der Waals surface area contributed by atoms with Crippen LogP contribution in [0.4, 0.5) is 8.78 Å². The normalized spacial score (nSPS) is 10.0. The fourth-order valence-electron chi connectivity index (χ4n) is 0.876. The highest BCUT2D eigenvalue weighted by Gasteiger charge is 2.11. The smallest absolute Gasteiger partial charge is 0.307 e. The maximum atomic E-state index is 12.8. The van der Waals surface area contributed by atoms with E-state index in [1.807, 2.05) is 0 Å². The predicted octanol–water partition coefficient (Wildman–Crippen LogP) is 1.30.